The zero-order valence-corrected chi connectivity index (χ0v) is 11.3. The number of nitrogens with two attached hydrogens (primary N) is 1. The monoisotopic (exact) mass is 262 g/mol. The Hall–Kier alpha value is -0.240. The molecule has 1 heterocycles. The smallest absolute Gasteiger partial charge is 0.0704 e. The van der Waals surface area contributed by atoms with Gasteiger partial charge in [-0.25, -0.2) is 5.01 Å². The minimum Gasteiger partial charge on any atom is -0.382 e. The van der Waals surface area contributed by atoms with Crippen LogP contribution in [0.15, 0.2) is 0 Å². The van der Waals surface area contributed by atoms with Crippen LogP contribution in [0.2, 0.25) is 0 Å². The van der Waals surface area contributed by atoms with Crippen molar-refractivity contribution in [1.29, 1.82) is 0 Å². The summed E-state index contributed by atoms with van der Waals surface area (Å²) in [6.07, 6.45) is 2.36. The van der Waals surface area contributed by atoms with Gasteiger partial charge in [0.1, 0.15) is 0 Å². The number of nitrogens with zero attached hydrogens (tertiary/aromatic N) is 1. The maximum atomic E-state index is 5.71. The van der Waals surface area contributed by atoms with E-state index in [-0.39, 0.29) is 0 Å². The molecule has 108 valence electrons. The molecule has 0 aromatic carbocycles. The van der Waals surface area contributed by atoms with E-state index in [1.807, 2.05) is 5.01 Å². The lowest BCUT2D eigenvalue weighted by Gasteiger charge is -2.28. The van der Waals surface area contributed by atoms with E-state index < -0.39 is 0 Å². The van der Waals surface area contributed by atoms with Crippen molar-refractivity contribution in [2.24, 2.45) is 5.84 Å². The van der Waals surface area contributed by atoms with Crippen molar-refractivity contribution in [3.05, 3.63) is 0 Å². The zero-order valence-electron chi connectivity index (χ0n) is 11.3. The third-order valence-electron chi connectivity index (χ3n) is 2.86. The molecule has 0 radical (unpaired) electrons. The maximum absolute atomic E-state index is 5.71. The van der Waals surface area contributed by atoms with E-state index in [4.69, 9.17) is 24.8 Å². The molecule has 1 aliphatic heterocycles. The molecule has 6 heteroatoms. The van der Waals surface area contributed by atoms with Gasteiger partial charge in [0.15, 0.2) is 0 Å². The lowest BCUT2D eigenvalue weighted by atomic mass is 10.1. The van der Waals surface area contributed by atoms with Crippen LogP contribution in [0.1, 0.15) is 12.8 Å². The molecule has 1 rings (SSSR count). The predicted octanol–water partition coefficient (Wildman–Crippen LogP) is 0.0207. The van der Waals surface area contributed by atoms with Crippen molar-refractivity contribution in [2.75, 3.05) is 59.8 Å². The average molecular weight is 262 g/mol. The van der Waals surface area contributed by atoms with Crippen LogP contribution in [0, 0.1) is 0 Å². The van der Waals surface area contributed by atoms with Crippen molar-refractivity contribution < 1.29 is 18.9 Å². The highest BCUT2D eigenvalue weighted by Gasteiger charge is 2.16. The summed E-state index contributed by atoms with van der Waals surface area (Å²) in [5.41, 5.74) is 0. The molecule has 0 aromatic heterocycles. The van der Waals surface area contributed by atoms with Crippen molar-refractivity contribution in [3.63, 3.8) is 0 Å². The van der Waals surface area contributed by atoms with Gasteiger partial charge in [0, 0.05) is 20.2 Å². The van der Waals surface area contributed by atoms with Crippen LogP contribution in [0.4, 0.5) is 0 Å². The number of methoxy groups -OCH3 is 1. The van der Waals surface area contributed by atoms with Gasteiger partial charge in [0.2, 0.25) is 0 Å². The summed E-state index contributed by atoms with van der Waals surface area (Å²) in [6.45, 7) is 5.56. The number of hydrogen-bond donors (Lipinski definition) is 1. The summed E-state index contributed by atoms with van der Waals surface area (Å²) in [6, 6.07) is 0. The fraction of sp³-hybridized carbons (Fsp3) is 1.00. The Kier molecular flexibility index (Phi) is 9.37. The Bertz CT molecular complexity index is 187. The second kappa shape index (κ2) is 10.7. The summed E-state index contributed by atoms with van der Waals surface area (Å²) < 4.78 is 21.2. The lowest BCUT2D eigenvalue weighted by Crippen LogP contribution is -2.41. The van der Waals surface area contributed by atoms with Crippen LogP contribution in [-0.2, 0) is 18.9 Å². The molecule has 0 aromatic rings. The zero-order chi connectivity index (χ0) is 13.1. The van der Waals surface area contributed by atoms with Crippen LogP contribution in [0.5, 0.6) is 0 Å². The van der Waals surface area contributed by atoms with Crippen molar-refractivity contribution in [2.45, 2.75) is 18.9 Å². The normalized spacial score (nSPS) is 18.3. The van der Waals surface area contributed by atoms with E-state index in [2.05, 4.69) is 0 Å². The first-order valence-corrected chi connectivity index (χ1v) is 6.58. The van der Waals surface area contributed by atoms with Crippen LogP contribution in [0.3, 0.4) is 0 Å². The molecule has 2 N–H and O–H groups in total. The fourth-order valence-corrected chi connectivity index (χ4v) is 1.78. The van der Waals surface area contributed by atoms with Gasteiger partial charge in [-0.2, -0.15) is 0 Å². The first kappa shape index (κ1) is 15.8. The van der Waals surface area contributed by atoms with E-state index in [0.29, 0.717) is 45.7 Å². The molecule has 18 heavy (non-hydrogen) atoms. The van der Waals surface area contributed by atoms with Gasteiger partial charge in [-0.05, 0) is 12.8 Å². The first-order valence-electron chi connectivity index (χ1n) is 6.58. The highest BCUT2D eigenvalue weighted by Crippen LogP contribution is 2.10. The Balaban J connectivity index is 1.78. The number of hydrazine groups is 1. The van der Waals surface area contributed by atoms with E-state index in [1.54, 1.807) is 7.11 Å². The van der Waals surface area contributed by atoms with E-state index >= 15 is 0 Å². The van der Waals surface area contributed by atoms with E-state index in [9.17, 15) is 0 Å². The van der Waals surface area contributed by atoms with Crippen molar-refractivity contribution >= 4 is 0 Å². The highest BCUT2D eigenvalue weighted by molar-refractivity contribution is 4.68. The second-order valence-electron chi connectivity index (χ2n) is 4.32. The Morgan fingerprint density at radius 3 is 2.11 bits per heavy atom. The van der Waals surface area contributed by atoms with Gasteiger partial charge >= 0.3 is 0 Å². The third kappa shape index (κ3) is 7.97. The van der Waals surface area contributed by atoms with Gasteiger partial charge in [-0.15, -0.1) is 0 Å². The van der Waals surface area contributed by atoms with E-state index in [1.165, 1.54) is 0 Å². The molecule has 6 nitrogen and oxygen atoms in total. The largest absolute Gasteiger partial charge is 0.382 e. The molecule has 1 saturated heterocycles. The lowest BCUT2D eigenvalue weighted by molar-refractivity contribution is -0.0335. The summed E-state index contributed by atoms with van der Waals surface area (Å²) >= 11 is 0. The Morgan fingerprint density at radius 1 is 0.944 bits per heavy atom. The van der Waals surface area contributed by atoms with Gasteiger partial charge < -0.3 is 18.9 Å². The molecule has 0 amide bonds. The average Bonchev–Trinajstić information content (AvgIpc) is 2.39. The quantitative estimate of drug-likeness (QED) is 0.442. The van der Waals surface area contributed by atoms with Crippen LogP contribution >= 0.6 is 0 Å². The molecule has 1 aliphatic rings. The molecule has 0 aliphatic carbocycles. The number of hydrogen-bond acceptors (Lipinski definition) is 6. The third-order valence-corrected chi connectivity index (χ3v) is 2.86. The van der Waals surface area contributed by atoms with Crippen molar-refractivity contribution in [1.82, 2.24) is 5.01 Å². The summed E-state index contributed by atoms with van der Waals surface area (Å²) in [7, 11) is 1.66. The molecule has 0 saturated carbocycles. The van der Waals surface area contributed by atoms with Gasteiger partial charge in [0.25, 0.3) is 0 Å². The molecule has 0 unspecified atom stereocenters. The SMILES string of the molecule is COCCOCCOCCOC1CCN(N)CC1. The fourth-order valence-electron chi connectivity index (χ4n) is 1.78. The highest BCUT2D eigenvalue weighted by atomic mass is 16.6. The Morgan fingerprint density at radius 2 is 1.50 bits per heavy atom. The van der Waals surface area contributed by atoms with Gasteiger partial charge in [-0.3, -0.25) is 5.84 Å². The summed E-state index contributed by atoms with van der Waals surface area (Å²) in [4.78, 5) is 0. The first-order chi connectivity index (χ1) is 8.83. The molecule has 1 fully saturated rings. The minimum absolute atomic E-state index is 0.339. The number of ether oxygens (including phenoxy) is 4. The van der Waals surface area contributed by atoms with Crippen molar-refractivity contribution in [3.8, 4) is 0 Å². The standard InChI is InChI=1S/C12H26N2O4/c1-15-6-7-16-8-9-17-10-11-18-12-2-4-14(13)5-3-12/h12H,2-11,13H2,1H3. The van der Waals surface area contributed by atoms with Crippen LogP contribution < -0.4 is 5.84 Å². The molecule has 0 atom stereocenters. The maximum Gasteiger partial charge on any atom is 0.0704 e. The van der Waals surface area contributed by atoms with Gasteiger partial charge in [0.05, 0.1) is 45.7 Å². The number of piperidine rings is 1. The van der Waals surface area contributed by atoms with Gasteiger partial charge in [-0.1, -0.05) is 0 Å². The second-order valence-corrected chi connectivity index (χ2v) is 4.32. The molecule has 0 spiro atoms. The van der Waals surface area contributed by atoms with Crippen LogP contribution in [-0.4, -0.2) is 71.0 Å². The predicted molar refractivity (Wildman–Crippen MR) is 68.2 cm³/mol. The molecular formula is C12H26N2O4. The van der Waals surface area contributed by atoms with Crippen LogP contribution in [0.25, 0.3) is 0 Å². The molecular weight excluding hydrogens is 236 g/mol. The minimum atomic E-state index is 0.339. The molecule has 0 bridgehead atoms. The summed E-state index contributed by atoms with van der Waals surface area (Å²) in [5.74, 6) is 5.67. The summed E-state index contributed by atoms with van der Waals surface area (Å²) in [5, 5.41) is 1.84. The Labute approximate surface area is 109 Å². The number of rotatable bonds is 10. The van der Waals surface area contributed by atoms with E-state index in [0.717, 1.165) is 25.9 Å². The topological polar surface area (TPSA) is 66.2 Å².